The second kappa shape index (κ2) is 9.76. The van der Waals surface area contributed by atoms with Gasteiger partial charge in [-0.3, -0.25) is 4.79 Å². The highest BCUT2D eigenvalue weighted by Gasteiger charge is 2.06. The minimum absolute atomic E-state index is 0.203. The summed E-state index contributed by atoms with van der Waals surface area (Å²) in [7, 11) is 1.60. The van der Waals surface area contributed by atoms with Gasteiger partial charge in [0.15, 0.2) is 11.5 Å². The van der Waals surface area contributed by atoms with Crippen molar-refractivity contribution in [2.24, 2.45) is 0 Å². The zero-order chi connectivity index (χ0) is 19.8. The van der Waals surface area contributed by atoms with Gasteiger partial charge in [-0.25, -0.2) is 0 Å². The standard InChI is InChI=1S/C23H20BrNO3/c1-27-22-15-17(7-13-21(22)28-16-18-5-3-2-4-6-18)8-14-23(26)25-20-11-9-19(24)10-12-20/h2-15H,16H2,1H3,(H,25,26)/b14-8+. The summed E-state index contributed by atoms with van der Waals surface area (Å²) in [5, 5.41) is 2.82. The Balaban J connectivity index is 1.63. The van der Waals surface area contributed by atoms with E-state index in [4.69, 9.17) is 9.47 Å². The van der Waals surface area contributed by atoms with Crippen molar-refractivity contribution < 1.29 is 14.3 Å². The van der Waals surface area contributed by atoms with Crippen molar-refractivity contribution in [1.82, 2.24) is 0 Å². The van der Waals surface area contributed by atoms with Crippen LogP contribution in [0.2, 0.25) is 0 Å². The molecule has 0 aliphatic heterocycles. The first kappa shape index (κ1) is 19.7. The number of anilines is 1. The zero-order valence-electron chi connectivity index (χ0n) is 15.4. The monoisotopic (exact) mass is 437 g/mol. The lowest BCUT2D eigenvalue weighted by Crippen LogP contribution is -2.07. The zero-order valence-corrected chi connectivity index (χ0v) is 17.0. The van der Waals surface area contributed by atoms with Crippen molar-refractivity contribution in [3.05, 3.63) is 94.5 Å². The number of nitrogens with one attached hydrogen (secondary N) is 1. The SMILES string of the molecule is COc1cc(/C=C/C(=O)Nc2ccc(Br)cc2)ccc1OCc1ccccc1. The molecule has 3 aromatic carbocycles. The van der Waals surface area contributed by atoms with Crippen LogP contribution in [0.15, 0.2) is 83.3 Å². The maximum absolute atomic E-state index is 12.1. The van der Waals surface area contributed by atoms with E-state index in [0.717, 1.165) is 21.3 Å². The highest BCUT2D eigenvalue weighted by Crippen LogP contribution is 2.29. The molecule has 0 fully saturated rings. The van der Waals surface area contributed by atoms with Crippen LogP contribution in [-0.4, -0.2) is 13.0 Å². The summed E-state index contributed by atoms with van der Waals surface area (Å²) in [6.07, 6.45) is 3.22. The van der Waals surface area contributed by atoms with Crippen LogP contribution < -0.4 is 14.8 Å². The molecule has 0 atom stereocenters. The summed E-state index contributed by atoms with van der Waals surface area (Å²) < 4.78 is 12.2. The first-order chi connectivity index (χ1) is 13.6. The predicted octanol–water partition coefficient (Wildman–Crippen LogP) is 5.69. The minimum atomic E-state index is -0.203. The van der Waals surface area contributed by atoms with Crippen molar-refractivity contribution in [3.63, 3.8) is 0 Å². The third kappa shape index (κ3) is 5.72. The Morgan fingerprint density at radius 1 is 1.00 bits per heavy atom. The Morgan fingerprint density at radius 2 is 1.75 bits per heavy atom. The van der Waals surface area contributed by atoms with Crippen LogP contribution in [0.25, 0.3) is 6.08 Å². The molecule has 0 saturated carbocycles. The first-order valence-corrected chi connectivity index (χ1v) is 9.53. The predicted molar refractivity (Wildman–Crippen MR) is 116 cm³/mol. The Bertz CT molecular complexity index is 953. The van der Waals surface area contributed by atoms with E-state index in [1.807, 2.05) is 72.8 Å². The number of ether oxygens (including phenoxy) is 2. The molecule has 0 heterocycles. The Kier molecular flexibility index (Phi) is 6.87. The van der Waals surface area contributed by atoms with Crippen LogP contribution in [0.1, 0.15) is 11.1 Å². The van der Waals surface area contributed by atoms with Gasteiger partial charge < -0.3 is 14.8 Å². The van der Waals surface area contributed by atoms with Crippen molar-refractivity contribution >= 4 is 33.6 Å². The maximum Gasteiger partial charge on any atom is 0.248 e. The molecule has 0 saturated heterocycles. The lowest BCUT2D eigenvalue weighted by Gasteiger charge is -2.11. The van der Waals surface area contributed by atoms with Crippen molar-refractivity contribution in [2.45, 2.75) is 6.61 Å². The smallest absolute Gasteiger partial charge is 0.248 e. The summed E-state index contributed by atoms with van der Waals surface area (Å²) in [5.74, 6) is 1.07. The summed E-state index contributed by atoms with van der Waals surface area (Å²) in [4.78, 5) is 12.1. The van der Waals surface area contributed by atoms with Crippen LogP contribution in [-0.2, 0) is 11.4 Å². The van der Waals surface area contributed by atoms with E-state index in [1.165, 1.54) is 6.08 Å². The molecule has 28 heavy (non-hydrogen) atoms. The molecule has 0 aliphatic carbocycles. The van der Waals surface area contributed by atoms with Crippen LogP contribution in [0.3, 0.4) is 0 Å². The lowest BCUT2D eigenvalue weighted by molar-refractivity contribution is -0.111. The van der Waals surface area contributed by atoms with Gasteiger partial charge in [-0.2, -0.15) is 0 Å². The quantitative estimate of drug-likeness (QED) is 0.483. The van der Waals surface area contributed by atoms with Gasteiger partial charge in [0.2, 0.25) is 5.91 Å². The van der Waals surface area contributed by atoms with Gasteiger partial charge in [0.05, 0.1) is 7.11 Å². The summed E-state index contributed by atoms with van der Waals surface area (Å²) in [5.41, 5.74) is 2.66. The number of rotatable bonds is 7. The molecule has 4 nitrogen and oxygen atoms in total. The van der Waals surface area contributed by atoms with Gasteiger partial charge in [0.1, 0.15) is 6.61 Å². The number of carbonyl (C=O) groups is 1. The fourth-order valence-corrected chi connectivity index (χ4v) is 2.80. The number of halogens is 1. The number of amides is 1. The molecule has 142 valence electrons. The van der Waals surface area contributed by atoms with Gasteiger partial charge in [-0.1, -0.05) is 52.3 Å². The highest BCUT2D eigenvalue weighted by atomic mass is 79.9. The number of benzene rings is 3. The molecule has 3 aromatic rings. The van der Waals surface area contributed by atoms with E-state index in [0.29, 0.717) is 18.1 Å². The average molecular weight is 438 g/mol. The molecule has 0 unspecified atom stereocenters. The highest BCUT2D eigenvalue weighted by molar-refractivity contribution is 9.10. The molecule has 5 heteroatoms. The maximum atomic E-state index is 12.1. The van der Waals surface area contributed by atoms with E-state index in [1.54, 1.807) is 13.2 Å². The van der Waals surface area contributed by atoms with Crippen molar-refractivity contribution in [2.75, 3.05) is 12.4 Å². The summed E-state index contributed by atoms with van der Waals surface area (Å²) >= 11 is 3.37. The Morgan fingerprint density at radius 3 is 2.46 bits per heavy atom. The molecule has 1 amide bonds. The molecule has 1 N–H and O–H groups in total. The van der Waals surface area contributed by atoms with E-state index in [2.05, 4.69) is 21.2 Å². The molecule has 0 bridgehead atoms. The van der Waals surface area contributed by atoms with E-state index in [9.17, 15) is 4.79 Å². The molecule has 0 aromatic heterocycles. The molecule has 3 rings (SSSR count). The van der Waals surface area contributed by atoms with Crippen molar-refractivity contribution in [1.29, 1.82) is 0 Å². The second-order valence-electron chi connectivity index (χ2n) is 6.01. The average Bonchev–Trinajstić information content (AvgIpc) is 2.73. The summed E-state index contributed by atoms with van der Waals surface area (Å²) in [6.45, 7) is 0.460. The van der Waals surface area contributed by atoms with Crippen LogP contribution in [0.5, 0.6) is 11.5 Å². The largest absolute Gasteiger partial charge is 0.493 e. The number of hydrogen-bond donors (Lipinski definition) is 1. The number of hydrogen-bond acceptors (Lipinski definition) is 3. The molecular formula is C23H20BrNO3. The minimum Gasteiger partial charge on any atom is -0.493 e. The topological polar surface area (TPSA) is 47.6 Å². The van der Waals surface area contributed by atoms with E-state index >= 15 is 0 Å². The van der Waals surface area contributed by atoms with Crippen molar-refractivity contribution in [3.8, 4) is 11.5 Å². The number of methoxy groups -OCH3 is 1. The van der Waals surface area contributed by atoms with Crippen LogP contribution in [0, 0.1) is 0 Å². The fourth-order valence-electron chi connectivity index (χ4n) is 2.53. The lowest BCUT2D eigenvalue weighted by atomic mass is 10.2. The fraction of sp³-hybridized carbons (Fsp3) is 0.0870. The molecule has 0 aliphatic rings. The van der Waals surface area contributed by atoms with Gasteiger partial charge in [-0.05, 0) is 53.6 Å². The molecule has 0 radical (unpaired) electrons. The third-order valence-electron chi connectivity index (χ3n) is 3.96. The van der Waals surface area contributed by atoms with Gasteiger partial charge in [0.25, 0.3) is 0 Å². The number of carbonyl (C=O) groups excluding carboxylic acids is 1. The van der Waals surface area contributed by atoms with Gasteiger partial charge >= 0.3 is 0 Å². The van der Waals surface area contributed by atoms with E-state index in [-0.39, 0.29) is 5.91 Å². The van der Waals surface area contributed by atoms with E-state index < -0.39 is 0 Å². The molecular weight excluding hydrogens is 418 g/mol. The Hall–Kier alpha value is -3.05. The van der Waals surface area contributed by atoms with Gasteiger partial charge in [-0.15, -0.1) is 0 Å². The normalized spacial score (nSPS) is 10.6. The Labute approximate surface area is 172 Å². The second-order valence-corrected chi connectivity index (χ2v) is 6.93. The van der Waals surface area contributed by atoms with Gasteiger partial charge in [0, 0.05) is 16.2 Å². The molecule has 0 spiro atoms. The third-order valence-corrected chi connectivity index (χ3v) is 4.49. The summed E-state index contributed by atoms with van der Waals surface area (Å²) in [6, 6.07) is 22.9. The van der Waals surface area contributed by atoms with Crippen LogP contribution in [0.4, 0.5) is 5.69 Å². The van der Waals surface area contributed by atoms with Crippen LogP contribution >= 0.6 is 15.9 Å². The first-order valence-electron chi connectivity index (χ1n) is 8.73.